The smallest absolute Gasteiger partial charge is 0.258 e. The highest BCUT2D eigenvalue weighted by Gasteiger charge is 2.23. The predicted octanol–water partition coefficient (Wildman–Crippen LogP) is 4.18. The van der Waals surface area contributed by atoms with Gasteiger partial charge < -0.3 is 10.1 Å². The molecule has 0 aliphatic heterocycles. The molecule has 0 saturated carbocycles. The number of halogens is 2. The molecular weight excluding hydrogens is 321 g/mol. The van der Waals surface area contributed by atoms with Gasteiger partial charge in [0.1, 0.15) is 5.75 Å². The molecule has 1 aliphatic carbocycles. The lowest BCUT2D eigenvalue weighted by molar-refractivity contribution is -0.123. The van der Waals surface area contributed by atoms with E-state index in [1.165, 1.54) is 11.1 Å². The summed E-state index contributed by atoms with van der Waals surface area (Å²) in [6.45, 7) is -0.0694. The lowest BCUT2D eigenvalue weighted by Crippen LogP contribution is -2.31. The molecule has 1 aliphatic rings. The van der Waals surface area contributed by atoms with Crippen molar-refractivity contribution < 1.29 is 9.53 Å². The van der Waals surface area contributed by atoms with Crippen LogP contribution in [0.4, 0.5) is 0 Å². The van der Waals surface area contributed by atoms with Crippen molar-refractivity contribution in [1.82, 2.24) is 5.32 Å². The number of benzene rings is 2. The zero-order valence-electron chi connectivity index (χ0n) is 11.8. The molecule has 1 unspecified atom stereocenters. The number of carbonyl (C=O) groups is 1. The van der Waals surface area contributed by atoms with E-state index in [1.807, 2.05) is 12.1 Å². The maximum atomic E-state index is 12.1. The minimum absolute atomic E-state index is 0.0630. The molecule has 2 aromatic carbocycles. The van der Waals surface area contributed by atoms with Crippen LogP contribution < -0.4 is 10.1 Å². The molecule has 5 heteroatoms. The van der Waals surface area contributed by atoms with Gasteiger partial charge >= 0.3 is 0 Å². The molecule has 1 amide bonds. The van der Waals surface area contributed by atoms with E-state index in [0.717, 1.165) is 12.8 Å². The second kappa shape index (κ2) is 6.59. The molecule has 2 aromatic rings. The molecule has 0 bridgehead atoms. The Balaban J connectivity index is 1.57. The average Bonchev–Trinajstić information content (AvgIpc) is 2.90. The zero-order chi connectivity index (χ0) is 15.5. The van der Waals surface area contributed by atoms with Crippen LogP contribution in [-0.4, -0.2) is 12.5 Å². The van der Waals surface area contributed by atoms with Gasteiger partial charge in [0.05, 0.1) is 11.1 Å². The summed E-state index contributed by atoms with van der Waals surface area (Å²) in [6.07, 6.45) is 1.91. The Bertz CT molecular complexity index is 703. The molecule has 0 spiro atoms. The van der Waals surface area contributed by atoms with E-state index in [-0.39, 0.29) is 18.6 Å². The number of rotatable bonds is 4. The Morgan fingerprint density at radius 2 is 2.05 bits per heavy atom. The number of hydrogen-bond acceptors (Lipinski definition) is 2. The highest BCUT2D eigenvalue weighted by molar-refractivity contribution is 6.35. The van der Waals surface area contributed by atoms with Crippen LogP contribution in [0.25, 0.3) is 0 Å². The molecule has 3 rings (SSSR count). The molecule has 0 saturated heterocycles. The Morgan fingerprint density at radius 3 is 2.86 bits per heavy atom. The molecule has 0 heterocycles. The van der Waals surface area contributed by atoms with E-state index >= 15 is 0 Å². The van der Waals surface area contributed by atoms with Gasteiger partial charge in [0.2, 0.25) is 0 Å². The van der Waals surface area contributed by atoms with Gasteiger partial charge in [0, 0.05) is 5.02 Å². The van der Waals surface area contributed by atoms with E-state index in [1.54, 1.807) is 18.2 Å². The fraction of sp³-hybridized carbons (Fsp3) is 0.235. The number of hydrogen-bond donors (Lipinski definition) is 1. The SMILES string of the molecule is O=C(COc1ccc(Cl)cc1Cl)NC1CCc2ccccc21. The first kappa shape index (κ1) is 15.2. The number of carbonyl (C=O) groups excluding carboxylic acids is 1. The molecule has 22 heavy (non-hydrogen) atoms. The summed E-state index contributed by atoms with van der Waals surface area (Å²) >= 11 is 11.8. The first-order chi connectivity index (χ1) is 10.6. The van der Waals surface area contributed by atoms with Crippen molar-refractivity contribution in [2.24, 2.45) is 0 Å². The van der Waals surface area contributed by atoms with Crippen LogP contribution in [-0.2, 0) is 11.2 Å². The standard InChI is InChI=1S/C17H15Cl2NO2/c18-12-6-8-16(14(19)9-12)22-10-17(21)20-15-7-5-11-3-1-2-4-13(11)15/h1-4,6,8-9,15H,5,7,10H2,(H,20,21). The second-order valence-electron chi connectivity index (χ2n) is 5.22. The van der Waals surface area contributed by atoms with Crippen LogP contribution >= 0.6 is 23.2 Å². The maximum absolute atomic E-state index is 12.1. The first-order valence-corrected chi connectivity index (χ1v) is 7.84. The normalized spacial score (nSPS) is 16.2. The molecule has 3 nitrogen and oxygen atoms in total. The predicted molar refractivity (Wildman–Crippen MR) is 87.6 cm³/mol. The highest BCUT2D eigenvalue weighted by Crippen LogP contribution is 2.31. The fourth-order valence-electron chi connectivity index (χ4n) is 2.68. The average molecular weight is 336 g/mol. The van der Waals surface area contributed by atoms with Crippen LogP contribution in [0, 0.1) is 0 Å². The van der Waals surface area contributed by atoms with Crippen LogP contribution in [0.1, 0.15) is 23.6 Å². The summed E-state index contributed by atoms with van der Waals surface area (Å²) in [5, 5.41) is 3.93. The van der Waals surface area contributed by atoms with Gasteiger partial charge in [-0.05, 0) is 42.2 Å². The Kier molecular flexibility index (Phi) is 4.55. The van der Waals surface area contributed by atoms with Crippen molar-refractivity contribution in [2.45, 2.75) is 18.9 Å². The van der Waals surface area contributed by atoms with Crippen LogP contribution in [0.5, 0.6) is 5.75 Å². The third-order valence-electron chi connectivity index (χ3n) is 3.72. The first-order valence-electron chi connectivity index (χ1n) is 7.08. The van der Waals surface area contributed by atoms with E-state index in [0.29, 0.717) is 15.8 Å². The van der Waals surface area contributed by atoms with Gasteiger partial charge in [-0.15, -0.1) is 0 Å². The molecule has 1 N–H and O–H groups in total. The van der Waals surface area contributed by atoms with Crippen LogP contribution in [0.2, 0.25) is 10.0 Å². The minimum atomic E-state index is -0.160. The number of aryl methyl sites for hydroxylation is 1. The van der Waals surface area contributed by atoms with Gasteiger partial charge in [-0.3, -0.25) is 4.79 Å². The number of ether oxygens (including phenoxy) is 1. The molecule has 0 fully saturated rings. The van der Waals surface area contributed by atoms with Gasteiger partial charge in [0.25, 0.3) is 5.91 Å². The minimum Gasteiger partial charge on any atom is -0.482 e. The van der Waals surface area contributed by atoms with Crippen molar-refractivity contribution >= 4 is 29.1 Å². The molecule has 1 atom stereocenters. The largest absolute Gasteiger partial charge is 0.482 e. The topological polar surface area (TPSA) is 38.3 Å². The number of fused-ring (bicyclic) bond motifs is 1. The summed E-state index contributed by atoms with van der Waals surface area (Å²) in [7, 11) is 0. The molecular formula is C17H15Cl2NO2. The Hall–Kier alpha value is -1.71. The molecule has 0 aromatic heterocycles. The van der Waals surface area contributed by atoms with Crippen molar-refractivity contribution in [3.63, 3.8) is 0 Å². The van der Waals surface area contributed by atoms with E-state index < -0.39 is 0 Å². The van der Waals surface area contributed by atoms with E-state index in [4.69, 9.17) is 27.9 Å². The quantitative estimate of drug-likeness (QED) is 0.910. The zero-order valence-corrected chi connectivity index (χ0v) is 13.3. The van der Waals surface area contributed by atoms with E-state index in [9.17, 15) is 4.79 Å². The summed E-state index contributed by atoms with van der Waals surface area (Å²) < 4.78 is 5.45. The van der Waals surface area contributed by atoms with Crippen LogP contribution in [0.15, 0.2) is 42.5 Å². The van der Waals surface area contributed by atoms with Crippen LogP contribution in [0.3, 0.4) is 0 Å². The highest BCUT2D eigenvalue weighted by atomic mass is 35.5. The third kappa shape index (κ3) is 3.37. The second-order valence-corrected chi connectivity index (χ2v) is 6.06. The molecule has 114 valence electrons. The van der Waals surface area contributed by atoms with Gasteiger partial charge in [-0.25, -0.2) is 0 Å². The lowest BCUT2D eigenvalue weighted by Gasteiger charge is -2.15. The van der Waals surface area contributed by atoms with Crippen molar-refractivity contribution in [3.8, 4) is 5.75 Å². The Morgan fingerprint density at radius 1 is 1.23 bits per heavy atom. The summed E-state index contributed by atoms with van der Waals surface area (Å²) in [5.74, 6) is 0.292. The summed E-state index contributed by atoms with van der Waals surface area (Å²) in [4.78, 5) is 12.1. The monoisotopic (exact) mass is 335 g/mol. The Labute approximate surface area is 139 Å². The maximum Gasteiger partial charge on any atom is 0.258 e. The van der Waals surface area contributed by atoms with Gasteiger partial charge in [-0.2, -0.15) is 0 Å². The molecule has 0 radical (unpaired) electrons. The number of nitrogens with one attached hydrogen (secondary N) is 1. The summed E-state index contributed by atoms with van der Waals surface area (Å²) in [6, 6.07) is 13.2. The lowest BCUT2D eigenvalue weighted by atomic mass is 10.1. The van der Waals surface area contributed by atoms with Gasteiger partial charge in [0.15, 0.2) is 6.61 Å². The van der Waals surface area contributed by atoms with Gasteiger partial charge in [-0.1, -0.05) is 47.5 Å². The van der Waals surface area contributed by atoms with Crippen molar-refractivity contribution in [2.75, 3.05) is 6.61 Å². The summed E-state index contributed by atoms with van der Waals surface area (Å²) in [5.41, 5.74) is 2.50. The van der Waals surface area contributed by atoms with E-state index in [2.05, 4.69) is 17.4 Å². The van der Waals surface area contributed by atoms with Crippen molar-refractivity contribution in [1.29, 1.82) is 0 Å². The van der Waals surface area contributed by atoms with Crippen molar-refractivity contribution in [3.05, 3.63) is 63.6 Å². The third-order valence-corrected chi connectivity index (χ3v) is 4.25. The fourth-order valence-corrected chi connectivity index (χ4v) is 3.14. The number of amides is 1.